The van der Waals surface area contributed by atoms with Gasteiger partial charge in [-0.05, 0) is 73.9 Å². The van der Waals surface area contributed by atoms with Gasteiger partial charge in [0.1, 0.15) is 16.8 Å². The van der Waals surface area contributed by atoms with Crippen LogP contribution in [0.2, 0.25) is 5.15 Å². The number of aromatic nitrogens is 1. The van der Waals surface area contributed by atoms with Crippen molar-refractivity contribution in [3.05, 3.63) is 87.6 Å². The van der Waals surface area contributed by atoms with Crippen LogP contribution in [0.25, 0.3) is 11.3 Å². The van der Waals surface area contributed by atoms with Crippen molar-refractivity contribution in [2.24, 2.45) is 0 Å². The van der Waals surface area contributed by atoms with Gasteiger partial charge in [-0.25, -0.2) is 13.8 Å². The number of hydrogen-bond donors (Lipinski definition) is 1. The second-order valence-electron chi connectivity index (χ2n) is 7.25. The van der Waals surface area contributed by atoms with Crippen molar-refractivity contribution < 1.29 is 18.4 Å². The normalized spacial score (nSPS) is 13.2. The Kier molecular flexibility index (Phi) is 5.35. The Morgan fingerprint density at radius 1 is 1.03 bits per heavy atom. The maximum absolute atomic E-state index is 14.5. The SMILES string of the molecule is Cc1c(F)cc(C(=O)NC2CC2)cc1-c1ccc(C(=O)c2ccc(F)cc2)c(Cl)n1. The second kappa shape index (κ2) is 7.95. The minimum Gasteiger partial charge on any atom is -0.349 e. The highest BCUT2D eigenvalue weighted by molar-refractivity contribution is 6.34. The maximum Gasteiger partial charge on any atom is 0.251 e. The number of carbonyl (C=O) groups excluding carboxylic acids is 2. The standard InChI is InChI=1S/C23H17ClF2N2O2/c1-12-18(10-14(11-19(12)26)23(30)27-16-6-7-16)20-9-8-17(22(24)28-20)21(29)13-2-4-15(25)5-3-13/h2-5,8-11,16H,6-7H2,1H3,(H,27,30). The molecule has 3 aromatic rings. The molecule has 2 aromatic carbocycles. The summed E-state index contributed by atoms with van der Waals surface area (Å²) >= 11 is 6.25. The minimum absolute atomic E-state index is 0.0607. The van der Waals surface area contributed by atoms with Crippen molar-refractivity contribution >= 4 is 23.3 Å². The van der Waals surface area contributed by atoms with Crippen molar-refractivity contribution in [1.29, 1.82) is 0 Å². The van der Waals surface area contributed by atoms with Crippen LogP contribution in [-0.4, -0.2) is 22.7 Å². The summed E-state index contributed by atoms with van der Waals surface area (Å²) in [6.45, 7) is 1.58. The first-order valence-electron chi connectivity index (χ1n) is 9.41. The Hall–Kier alpha value is -3.12. The van der Waals surface area contributed by atoms with Gasteiger partial charge < -0.3 is 5.32 Å². The summed E-state index contributed by atoms with van der Waals surface area (Å²) in [4.78, 5) is 29.2. The third-order valence-electron chi connectivity index (χ3n) is 4.99. The van der Waals surface area contributed by atoms with Gasteiger partial charge in [-0.3, -0.25) is 9.59 Å². The van der Waals surface area contributed by atoms with Crippen LogP contribution in [0.15, 0.2) is 48.5 Å². The zero-order chi connectivity index (χ0) is 21.4. The molecule has 1 aromatic heterocycles. The lowest BCUT2D eigenvalue weighted by atomic mass is 9.99. The van der Waals surface area contributed by atoms with Crippen molar-refractivity contribution in [2.75, 3.05) is 0 Å². The highest BCUT2D eigenvalue weighted by Gasteiger charge is 2.25. The molecule has 7 heteroatoms. The van der Waals surface area contributed by atoms with Gasteiger partial charge in [0.15, 0.2) is 5.78 Å². The number of rotatable bonds is 5. The molecule has 0 bridgehead atoms. The van der Waals surface area contributed by atoms with Crippen LogP contribution in [0.1, 0.15) is 44.7 Å². The topological polar surface area (TPSA) is 59.1 Å². The first-order valence-corrected chi connectivity index (χ1v) is 9.79. The third kappa shape index (κ3) is 4.09. The van der Waals surface area contributed by atoms with Gasteiger partial charge in [-0.1, -0.05) is 11.6 Å². The monoisotopic (exact) mass is 426 g/mol. The molecule has 1 saturated carbocycles. The summed E-state index contributed by atoms with van der Waals surface area (Å²) in [5.41, 5.74) is 1.69. The van der Waals surface area contributed by atoms with E-state index in [1.807, 2.05) is 0 Å². The van der Waals surface area contributed by atoms with E-state index in [0.717, 1.165) is 12.8 Å². The van der Waals surface area contributed by atoms with Crippen molar-refractivity contribution in [3.63, 3.8) is 0 Å². The molecule has 0 unspecified atom stereocenters. The Morgan fingerprint density at radius 2 is 1.73 bits per heavy atom. The van der Waals surface area contributed by atoms with E-state index in [1.54, 1.807) is 19.1 Å². The fourth-order valence-corrected chi connectivity index (χ4v) is 3.32. The third-order valence-corrected chi connectivity index (χ3v) is 5.28. The molecular weight excluding hydrogens is 410 g/mol. The molecule has 0 aliphatic heterocycles. The van der Waals surface area contributed by atoms with Crippen molar-refractivity contribution in [2.45, 2.75) is 25.8 Å². The van der Waals surface area contributed by atoms with Crippen molar-refractivity contribution in [1.82, 2.24) is 10.3 Å². The minimum atomic E-state index is -0.530. The number of halogens is 3. The van der Waals surface area contributed by atoms with Gasteiger partial charge in [0.25, 0.3) is 5.91 Å². The molecule has 0 atom stereocenters. The molecule has 1 amide bonds. The summed E-state index contributed by atoms with van der Waals surface area (Å²) in [5.74, 6) is -1.72. The van der Waals surface area contributed by atoms with Crippen LogP contribution in [0.3, 0.4) is 0 Å². The Balaban J connectivity index is 1.68. The van der Waals surface area contributed by atoms with E-state index in [9.17, 15) is 18.4 Å². The molecule has 152 valence electrons. The molecule has 1 fully saturated rings. The van der Waals surface area contributed by atoms with Crippen LogP contribution in [0.4, 0.5) is 8.78 Å². The van der Waals surface area contributed by atoms with E-state index in [-0.39, 0.29) is 33.8 Å². The van der Waals surface area contributed by atoms with Crippen LogP contribution < -0.4 is 5.32 Å². The predicted molar refractivity (Wildman–Crippen MR) is 110 cm³/mol. The number of carbonyl (C=O) groups is 2. The van der Waals surface area contributed by atoms with E-state index in [2.05, 4.69) is 10.3 Å². The Labute approximate surface area is 176 Å². The molecule has 30 heavy (non-hydrogen) atoms. The lowest BCUT2D eigenvalue weighted by molar-refractivity contribution is 0.0950. The number of benzene rings is 2. The summed E-state index contributed by atoms with van der Waals surface area (Å²) in [5, 5.41) is 2.77. The number of hydrogen-bond acceptors (Lipinski definition) is 3. The number of ketones is 1. The molecule has 1 aliphatic carbocycles. The summed E-state index contributed by atoms with van der Waals surface area (Å²) in [7, 11) is 0. The first kappa shape index (κ1) is 20.2. The van der Waals surface area contributed by atoms with E-state index < -0.39 is 17.4 Å². The average molecular weight is 427 g/mol. The van der Waals surface area contributed by atoms with E-state index in [0.29, 0.717) is 16.8 Å². The molecule has 1 aliphatic rings. The first-order chi connectivity index (χ1) is 14.3. The Bertz CT molecular complexity index is 1160. The fourth-order valence-electron chi connectivity index (χ4n) is 3.08. The number of amides is 1. The van der Waals surface area contributed by atoms with E-state index in [4.69, 9.17) is 11.6 Å². The molecule has 4 nitrogen and oxygen atoms in total. The molecule has 1 N–H and O–H groups in total. The van der Waals surface area contributed by atoms with Crippen molar-refractivity contribution in [3.8, 4) is 11.3 Å². The van der Waals surface area contributed by atoms with Crippen LogP contribution in [-0.2, 0) is 0 Å². The van der Waals surface area contributed by atoms with Gasteiger partial charge in [-0.15, -0.1) is 0 Å². The van der Waals surface area contributed by atoms with Gasteiger partial charge >= 0.3 is 0 Å². The number of pyridine rings is 1. The number of nitrogens with zero attached hydrogens (tertiary/aromatic N) is 1. The summed E-state index contributed by atoms with van der Waals surface area (Å²) in [6.07, 6.45) is 1.85. The Morgan fingerprint density at radius 3 is 2.37 bits per heavy atom. The van der Waals surface area contributed by atoms with Crippen LogP contribution >= 0.6 is 11.6 Å². The van der Waals surface area contributed by atoms with Gasteiger partial charge in [0.2, 0.25) is 0 Å². The summed E-state index contributed by atoms with van der Waals surface area (Å²) < 4.78 is 27.6. The fraction of sp³-hybridized carbons (Fsp3) is 0.174. The highest BCUT2D eigenvalue weighted by atomic mass is 35.5. The quantitative estimate of drug-likeness (QED) is 0.455. The molecule has 0 spiro atoms. The zero-order valence-corrected chi connectivity index (χ0v) is 16.8. The molecule has 0 saturated heterocycles. The number of nitrogens with one attached hydrogen (secondary N) is 1. The molecule has 1 heterocycles. The second-order valence-corrected chi connectivity index (χ2v) is 7.61. The maximum atomic E-state index is 14.5. The average Bonchev–Trinajstić information content (AvgIpc) is 3.54. The van der Waals surface area contributed by atoms with E-state index >= 15 is 0 Å². The lowest BCUT2D eigenvalue weighted by Gasteiger charge is -2.12. The molecular formula is C23H17ClF2N2O2. The molecule has 0 radical (unpaired) electrons. The van der Waals surface area contributed by atoms with Gasteiger partial charge in [-0.2, -0.15) is 0 Å². The predicted octanol–water partition coefficient (Wildman–Crippen LogP) is 5.11. The lowest BCUT2D eigenvalue weighted by Crippen LogP contribution is -2.25. The van der Waals surface area contributed by atoms with E-state index in [1.165, 1.54) is 36.4 Å². The van der Waals surface area contributed by atoms with Crippen LogP contribution in [0.5, 0.6) is 0 Å². The summed E-state index contributed by atoms with van der Waals surface area (Å²) in [6, 6.07) is 11.1. The van der Waals surface area contributed by atoms with Crippen LogP contribution in [0, 0.1) is 18.6 Å². The molecule has 4 rings (SSSR count). The smallest absolute Gasteiger partial charge is 0.251 e. The van der Waals surface area contributed by atoms with Gasteiger partial charge in [0, 0.05) is 22.7 Å². The van der Waals surface area contributed by atoms with Gasteiger partial charge in [0.05, 0.1) is 11.3 Å². The zero-order valence-electron chi connectivity index (χ0n) is 16.0. The highest BCUT2D eigenvalue weighted by Crippen LogP contribution is 2.29. The largest absolute Gasteiger partial charge is 0.349 e.